The number of methoxy groups -OCH3 is 3. The predicted molar refractivity (Wildman–Crippen MR) is 181 cm³/mol. The monoisotopic (exact) mass is 688 g/mol. The summed E-state index contributed by atoms with van der Waals surface area (Å²) in [4.78, 5) is 43.2. The number of hydrogen-bond donors (Lipinski definition) is 3. The topological polar surface area (TPSA) is 153 Å². The lowest BCUT2D eigenvalue weighted by Gasteiger charge is -2.46. The van der Waals surface area contributed by atoms with E-state index >= 15 is 4.79 Å². The Balaban J connectivity index is 1.65. The van der Waals surface area contributed by atoms with Crippen LogP contribution in [0.4, 0.5) is 0 Å². The van der Waals surface area contributed by atoms with E-state index in [4.69, 9.17) is 23.7 Å². The summed E-state index contributed by atoms with van der Waals surface area (Å²) in [6, 6.07) is 19.4. The standard InChI is InChI=1S/C38H44N2O10/c1-7-36(3,44)35(43)39-29-14-11-19-40(29)33(42)32-30(23-12-9-8-10-13-23)38(24-15-17-25(46-4)18-16-24)34(49-22(2)41)37(32,45)31-27(48-6)20-26(47-5)21-28(31)50-38/h8-10,12-13,15-18,20-21,29-30,32,34,44-45H,7,11,14,19H2,1-6H3,(H,39,43)/t29-,30+,32-,34?,36+,37-,38-/m0/s1. The first-order chi connectivity index (χ1) is 23.9. The summed E-state index contributed by atoms with van der Waals surface area (Å²) in [5.74, 6) is -2.82. The maximum absolute atomic E-state index is 15.4. The Hall–Kier alpha value is -4.81. The second-order valence-electron chi connectivity index (χ2n) is 13.3. The molecule has 50 heavy (non-hydrogen) atoms. The maximum atomic E-state index is 15.4. The molecule has 6 rings (SSSR count). The van der Waals surface area contributed by atoms with E-state index in [9.17, 15) is 19.8 Å². The molecule has 2 heterocycles. The lowest BCUT2D eigenvalue weighted by molar-refractivity contribution is -0.196. The number of likely N-dealkylation sites (tertiary alicyclic amines) is 1. The van der Waals surface area contributed by atoms with Crippen LogP contribution in [-0.4, -0.2) is 78.6 Å². The summed E-state index contributed by atoms with van der Waals surface area (Å²) in [6.45, 7) is 4.64. The Labute approximate surface area is 291 Å². The van der Waals surface area contributed by atoms with Gasteiger partial charge in [0.1, 0.15) is 34.8 Å². The van der Waals surface area contributed by atoms with Crippen molar-refractivity contribution in [2.75, 3.05) is 27.9 Å². The zero-order valence-electron chi connectivity index (χ0n) is 29.1. The summed E-state index contributed by atoms with van der Waals surface area (Å²) < 4.78 is 30.1. The molecule has 7 atom stereocenters. The molecule has 12 heteroatoms. The average molecular weight is 689 g/mol. The molecule has 3 aromatic rings. The fraction of sp³-hybridized carbons (Fsp3) is 0.447. The van der Waals surface area contributed by atoms with Crippen LogP contribution in [0.1, 0.15) is 62.6 Å². The number of hydrogen-bond acceptors (Lipinski definition) is 10. The molecular weight excluding hydrogens is 644 g/mol. The normalized spacial score (nSPS) is 27.7. The summed E-state index contributed by atoms with van der Waals surface area (Å²) in [7, 11) is 4.46. The van der Waals surface area contributed by atoms with Crippen LogP contribution in [0.5, 0.6) is 23.0 Å². The van der Waals surface area contributed by atoms with Gasteiger partial charge < -0.3 is 44.1 Å². The first-order valence-electron chi connectivity index (χ1n) is 16.8. The van der Waals surface area contributed by atoms with E-state index in [0.717, 1.165) is 0 Å². The van der Waals surface area contributed by atoms with Gasteiger partial charge in [-0.2, -0.15) is 0 Å². The number of rotatable bonds is 10. The Morgan fingerprint density at radius 2 is 1.68 bits per heavy atom. The van der Waals surface area contributed by atoms with Crippen molar-refractivity contribution in [1.29, 1.82) is 0 Å². The van der Waals surface area contributed by atoms with Crippen LogP contribution in [0.15, 0.2) is 66.7 Å². The highest BCUT2D eigenvalue weighted by Crippen LogP contribution is 2.69. The van der Waals surface area contributed by atoms with Gasteiger partial charge in [-0.25, -0.2) is 0 Å². The quantitative estimate of drug-likeness (QED) is 0.269. The molecule has 2 amide bonds. The third-order valence-corrected chi connectivity index (χ3v) is 10.5. The molecule has 2 fully saturated rings. The second kappa shape index (κ2) is 13.1. The van der Waals surface area contributed by atoms with E-state index in [1.165, 1.54) is 33.0 Å². The van der Waals surface area contributed by atoms with Crippen molar-refractivity contribution in [3.63, 3.8) is 0 Å². The van der Waals surface area contributed by atoms with Crippen LogP contribution in [0.3, 0.4) is 0 Å². The smallest absolute Gasteiger partial charge is 0.303 e. The van der Waals surface area contributed by atoms with Crippen molar-refractivity contribution in [1.82, 2.24) is 10.2 Å². The van der Waals surface area contributed by atoms with E-state index < -0.39 is 58.7 Å². The first kappa shape index (κ1) is 35.0. The summed E-state index contributed by atoms with van der Waals surface area (Å²) >= 11 is 0. The number of esters is 1. The van der Waals surface area contributed by atoms with Gasteiger partial charge in [0.15, 0.2) is 17.3 Å². The molecule has 2 bridgehead atoms. The van der Waals surface area contributed by atoms with Crippen molar-refractivity contribution in [2.24, 2.45) is 5.92 Å². The third-order valence-electron chi connectivity index (χ3n) is 10.5. The fourth-order valence-electron chi connectivity index (χ4n) is 7.90. The van der Waals surface area contributed by atoms with Crippen LogP contribution in [-0.2, 0) is 30.3 Å². The van der Waals surface area contributed by atoms with Crippen LogP contribution < -0.4 is 24.3 Å². The minimum atomic E-state index is -2.24. The van der Waals surface area contributed by atoms with E-state index in [1.54, 1.807) is 50.4 Å². The van der Waals surface area contributed by atoms with Gasteiger partial charge in [-0.15, -0.1) is 0 Å². The lowest BCUT2D eigenvalue weighted by atomic mass is 9.75. The van der Waals surface area contributed by atoms with Gasteiger partial charge in [0, 0.05) is 37.1 Å². The SMILES string of the molecule is CC[C@@](C)(O)C(=O)N[C@@H]1CCCN1C(=O)[C@@H]1[C@@H](c2ccccc2)[C@]2(c3ccc(OC)cc3)Oc3cc(OC)cc(OC)c3[C@@]1(O)C2OC(C)=O. The third kappa shape index (κ3) is 5.41. The molecule has 12 nitrogen and oxygen atoms in total. The number of nitrogens with zero attached hydrogens (tertiary/aromatic N) is 1. The van der Waals surface area contributed by atoms with Crippen LogP contribution in [0.2, 0.25) is 0 Å². The van der Waals surface area contributed by atoms with Crippen LogP contribution in [0, 0.1) is 5.92 Å². The highest BCUT2D eigenvalue weighted by molar-refractivity contribution is 5.88. The van der Waals surface area contributed by atoms with Gasteiger partial charge in [-0.05, 0) is 43.9 Å². The number of aliphatic hydroxyl groups is 2. The molecule has 0 spiro atoms. The van der Waals surface area contributed by atoms with Gasteiger partial charge in [-0.3, -0.25) is 14.4 Å². The molecule has 3 aliphatic rings. The van der Waals surface area contributed by atoms with Gasteiger partial charge in [-0.1, -0.05) is 49.4 Å². The van der Waals surface area contributed by atoms with Crippen molar-refractivity contribution in [2.45, 2.75) is 75.0 Å². The molecule has 1 saturated carbocycles. The lowest BCUT2D eigenvalue weighted by Crippen LogP contribution is -2.58. The molecule has 1 aliphatic carbocycles. The minimum Gasteiger partial charge on any atom is -0.497 e. The second-order valence-corrected chi connectivity index (χ2v) is 13.3. The summed E-state index contributed by atoms with van der Waals surface area (Å²) in [5, 5.41) is 27.1. The number of nitrogens with one attached hydrogen (secondary N) is 1. The van der Waals surface area contributed by atoms with Crippen molar-refractivity contribution in [3.8, 4) is 23.0 Å². The summed E-state index contributed by atoms with van der Waals surface area (Å²) in [5.41, 5.74) is -4.28. The fourth-order valence-corrected chi connectivity index (χ4v) is 7.90. The molecule has 1 saturated heterocycles. The van der Waals surface area contributed by atoms with E-state index in [0.29, 0.717) is 35.5 Å². The van der Waals surface area contributed by atoms with Crippen molar-refractivity contribution in [3.05, 3.63) is 83.4 Å². The van der Waals surface area contributed by atoms with Gasteiger partial charge in [0.05, 0.1) is 32.8 Å². The van der Waals surface area contributed by atoms with Crippen LogP contribution in [0.25, 0.3) is 0 Å². The Bertz CT molecular complexity index is 1760. The molecule has 0 aromatic heterocycles. The molecule has 3 N–H and O–H groups in total. The molecule has 2 aliphatic heterocycles. The van der Waals surface area contributed by atoms with Crippen molar-refractivity contribution < 1.29 is 48.3 Å². The Morgan fingerprint density at radius 3 is 2.28 bits per heavy atom. The van der Waals surface area contributed by atoms with E-state index in [2.05, 4.69) is 5.32 Å². The highest BCUT2D eigenvalue weighted by atomic mass is 16.6. The molecule has 3 aromatic carbocycles. The average Bonchev–Trinajstić information content (AvgIpc) is 3.63. The predicted octanol–water partition coefficient (Wildman–Crippen LogP) is 3.76. The number of benzene rings is 3. The van der Waals surface area contributed by atoms with Gasteiger partial charge in [0.2, 0.25) is 5.91 Å². The number of carbonyl (C=O) groups is 3. The molecule has 0 radical (unpaired) electrons. The zero-order valence-corrected chi connectivity index (χ0v) is 29.1. The zero-order chi connectivity index (χ0) is 36.0. The Morgan fingerprint density at radius 1 is 1.00 bits per heavy atom. The van der Waals surface area contributed by atoms with E-state index in [-0.39, 0.29) is 30.0 Å². The largest absolute Gasteiger partial charge is 0.497 e. The maximum Gasteiger partial charge on any atom is 0.303 e. The number of ether oxygens (including phenoxy) is 5. The highest BCUT2D eigenvalue weighted by Gasteiger charge is 2.78. The molecule has 1 unspecified atom stereocenters. The number of carbonyl (C=O) groups excluding carboxylic acids is 3. The van der Waals surface area contributed by atoms with Gasteiger partial charge >= 0.3 is 5.97 Å². The molecule has 266 valence electrons. The number of amides is 2. The minimum absolute atomic E-state index is 0.127. The molecular formula is C38H44N2O10. The summed E-state index contributed by atoms with van der Waals surface area (Å²) in [6.07, 6.45) is -1.06. The Kier molecular flexibility index (Phi) is 9.21. The van der Waals surface area contributed by atoms with Crippen molar-refractivity contribution >= 4 is 17.8 Å². The van der Waals surface area contributed by atoms with Crippen LogP contribution >= 0.6 is 0 Å². The number of fused-ring (bicyclic) bond motifs is 4. The first-order valence-corrected chi connectivity index (χ1v) is 16.8. The van der Waals surface area contributed by atoms with Gasteiger partial charge in [0.25, 0.3) is 5.91 Å². The van der Waals surface area contributed by atoms with E-state index in [1.807, 2.05) is 30.3 Å².